The molecule has 0 amide bonds. The van der Waals surface area contributed by atoms with Gasteiger partial charge in [-0.2, -0.15) is 0 Å². The molecule has 0 radical (unpaired) electrons. The second kappa shape index (κ2) is 5.05. The molecule has 1 atom stereocenters. The van der Waals surface area contributed by atoms with Crippen molar-refractivity contribution < 1.29 is 9.53 Å². The fourth-order valence-electron chi connectivity index (χ4n) is 1.59. The summed E-state index contributed by atoms with van der Waals surface area (Å²) in [5.41, 5.74) is 1.08. The molecule has 0 N–H and O–H groups in total. The van der Waals surface area contributed by atoms with Crippen LogP contribution in [-0.2, 0) is 9.53 Å². The van der Waals surface area contributed by atoms with Gasteiger partial charge in [0.15, 0.2) is 0 Å². The van der Waals surface area contributed by atoms with E-state index in [4.69, 9.17) is 4.74 Å². The van der Waals surface area contributed by atoms with Crippen molar-refractivity contribution in [3.8, 4) is 0 Å². The molecule has 0 aromatic heterocycles. The van der Waals surface area contributed by atoms with Crippen molar-refractivity contribution in [2.24, 2.45) is 0 Å². The second-order valence-electron chi connectivity index (χ2n) is 3.66. The van der Waals surface area contributed by atoms with Crippen LogP contribution in [0, 0.1) is 0 Å². The number of carbonyl (C=O) groups is 1. The molecule has 1 heterocycles. The summed E-state index contributed by atoms with van der Waals surface area (Å²) in [6.45, 7) is 4.16. The Bertz CT molecular complexity index is 206. The van der Waals surface area contributed by atoms with E-state index in [1.165, 1.54) is 19.3 Å². The number of esters is 1. The maximum Gasteiger partial charge on any atom is 0.331 e. The normalized spacial score (nSPS) is 21.5. The summed E-state index contributed by atoms with van der Waals surface area (Å²) in [4.78, 5) is 10.9. The summed E-state index contributed by atoms with van der Waals surface area (Å²) >= 11 is 0. The highest BCUT2D eigenvalue weighted by Crippen LogP contribution is 2.20. The van der Waals surface area contributed by atoms with Crippen LogP contribution in [0.2, 0.25) is 0 Å². The van der Waals surface area contributed by atoms with Crippen molar-refractivity contribution in [3.05, 3.63) is 11.6 Å². The number of unbranched alkanes of at least 4 members (excludes halogenated alkanes) is 3. The molecule has 74 valence electrons. The van der Waals surface area contributed by atoms with Crippen molar-refractivity contribution in [2.75, 3.05) is 0 Å². The van der Waals surface area contributed by atoms with Gasteiger partial charge in [0.2, 0.25) is 0 Å². The summed E-state index contributed by atoms with van der Waals surface area (Å²) in [5.74, 6) is -0.169. The number of cyclic esters (lactones) is 1. The molecular weight excluding hydrogens is 164 g/mol. The highest BCUT2D eigenvalue weighted by molar-refractivity contribution is 5.85. The molecule has 2 nitrogen and oxygen atoms in total. The lowest BCUT2D eigenvalue weighted by atomic mass is 10.1. The smallest absolute Gasteiger partial charge is 0.331 e. The Balaban J connectivity index is 2.16. The van der Waals surface area contributed by atoms with E-state index in [-0.39, 0.29) is 12.1 Å². The first-order valence-corrected chi connectivity index (χ1v) is 5.13. The number of hydrogen-bond donors (Lipinski definition) is 0. The standard InChI is InChI=1S/C11H18O2/c1-3-4-5-6-7-10-9(2)8-11(12)13-10/h8,10H,3-7H2,1-2H3. The van der Waals surface area contributed by atoms with Gasteiger partial charge in [-0.05, 0) is 25.3 Å². The van der Waals surface area contributed by atoms with E-state index in [0.29, 0.717) is 0 Å². The monoisotopic (exact) mass is 182 g/mol. The third-order valence-corrected chi connectivity index (χ3v) is 2.43. The van der Waals surface area contributed by atoms with Crippen LogP contribution in [0.4, 0.5) is 0 Å². The molecule has 0 aromatic carbocycles. The predicted molar refractivity (Wildman–Crippen MR) is 52.4 cm³/mol. The van der Waals surface area contributed by atoms with Gasteiger partial charge in [0.05, 0.1) is 0 Å². The molecule has 0 saturated heterocycles. The quantitative estimate of drug-likeness (QED) is 0.482. The van der Waals surface area contributed by atoms with Crippen molar-refractivity contribution in [2.45, 2.75) is 52.1 Å². The fourth-order valence-corrected chi connectivity index (χ4v) is 1.59. The Morgan fingerprint density at radius 1 is 1.38 bits per heavy atom. The van der Waals surface area contributed by atoms with Gasteiger partial charge < -0.3 is 4.74 Å². The van der Waals surface area contributed by atoms with Crippen LogP contribution in [0.15, 0.2) is 11.6 Å². The molecule has 1 aliphatic heterocycles. The Morgan fingerprint density at radius 3 is 2.69 bits per heavy atom. The largest absolute Gasteiger partial charge is 0.455 e. The molecule has 1 aliphatic rings. The van der Waals surface area contributed by atoms with Gasteiger partial charge in [-0.15, -0.1) is 0 Å². The zero-order chi connectivity index (χ0) is 9.68. The second-order valence-corrected chi connectivity index (χ2v) is 3.66. The Kier molecular flexibility index (Phi) is 4.00. The highest BCUT2D eigenvalue weighted by atomic mass is 16.5. The summed E-state index contributed by atoms with van der Waals surface area (Å²) in [7, 11) is 0. The van der Waals surface area contributed by atoms with Gasteiger partial charge in [0.25, 0.3) is 0 Å². The number of carbonyl (C=O) groups excluding carboxylic acids is 1. The van der Waals surface area contributed by atoms with E-state index in [0.717, 1.165) is 18.4 Å². The molecule has 13 heavy (non-hydrogen) atoms. The lowest BCUT2D eigenvalue weighted by Gasteiger charge is -2.10. The van der Waals surface area contributed by atoms with Crippen molar-refractivity contribution in [1.29, 1.82) is 0 Å². The van der Waals surface area contributed by atoms with Crippen LogP contribution < -0.4 is 0 Å². The minimum atomic E-state index is -0.169. The van der Waals surface area contributed by atoms with Crippen LogP contribution in [0.3, 0.4) is 0 Å². The van der Waals surface area contributed by atoms with Crippen LogP contribution in [0.1, 0.15) is 46.0 Å². The van der Waals surface area contributed by atoms with E-state index in [1.54, 1.807) is 6.08 Å². The molecule has 0 aliphatic carbocycles. The zero-order valence-corrected chi connectivity index (χ0v) is 8.51. The van der Waals surface area contributed by atoms with Gasteiger partial charge in [0, 0.05) is 6.08 Å². The van der Waals surface area contributed by atoms with Crippen LogP contribution in [0.5, 0.6) is 0 Å². The van der Waals surface area contributed by atoms with Gasteiger partial charge >= 0.3 is 5.97 Å². The first kappa shape index (κ1) is 10.3. The number of rotatable bonds is 5. The van der Waals surface area contributed by atoms with Crippen molar-refractivity contribution in [3.63, 3.8) is 0 Å². The minimum Gasteiger partial charge on any atom is -0.455 e. The molecule has 0 bridgehead atoms. The van der Waals surface area contributed by atoms with Gasteiger partial charge in [-0.1, -0.05) is 26.2 Å². The highest BCUT2D eigenvalue weighted by Gasteiger charge is 2.21. The maximum absolute atomic E-state index is 10.9. The van der Waals surface area contributed by atoms with Crippen LogP contribution >= 0.6 is 0 Å². The average molecular weight is 182 g/mol. The Morgan fingerprint density at radius 2 is 2.15 bits per heavy atom. The number of hydrogen-bond acceptors (Lipinski definition) is 2. The minimum absolute atomic E-state index is 0.0735. The summed E-state index contributed by atoms with van der Waals surface area (Å²) < 4.78 is 5.12. The van der Waals surface area contributed by atoms with Gasteiger partial charge in [0.1, 0.15) is 6.10 Å². The fraction of sp³-hybridized carbons (Fsp3) is 0.727. The Hall–Kier alpha value is -0.790. The molecule has 0 spiro atoms. The van der Waals surface area contributed by atoms with E-state index < -0.39 is 0 Å². The van der Waals surface area contributed by atoms with E-state index >= 15 is 0 Å². The lowest BCUT2D eigenvalue weighted by Crippen LogP contribution is -2.10. The molecular formula is C11H18O2. The molecule has 1 unspecified atom stereocenters. The molecule has 1 rings (SSSR count). The summed E-state index contributed by atoms with van der Waals surface area (Å²) in [6.07, 6.45) is 7.61. The number of ether oxygens (including phenoxy) is 1. The van der Waals surface area contributed by atoms with E-state index in [1.807, 2.05) is 6.92 Å². The Labute approximate surface area is 80.0 Å². The summed E-state index contributed by atoms with van der Waals surface area (Å²) in [5, 5.41) is 0. The zero-order valence-electron chi connectivity index (χ0n) is 8.51. The third kappa shape index (κ3) is 3.21. The van der Waals surface area contributed by atoms with Crippen molar-refractivity contribution >= 4 is 5.97 Å². The van der Waals surface area contributed by atoms with E-state index in [9.17, 15) is 4.79 Å². The topological polar surface area (TPSA) is 26.3 Å². The lowest BCUT2D eigenvalue weighted by molar-refractivity contribution is -0.139. The third-order valence-electron chi connectivity index (χ3n) is 2.43. The SMILES string of the molecule is CCCCCCC1OC(=O)C=C1C. The van der Waals surface area contributed by atoms with Gasteiger partial charge in [-0.3, -0.25) is 0 Å². The predicted octanol–water partition coefficient (Wildman–Crippen LogP) is 2.83. The maximum atomic E-state index is 10.9. The van der Waals surface area contributed by atoms with Crippen LogP contribution in [0.25, 0.3) is 0 Å². The van der Waals surface area contributed by atoms with Crippen molar-refractivity contribution in [1.82, 2.24) is 0 Å². The molecule has 0 aromatic rings. The molecule has 0 saturated carbocycles. The summed E-state index contributed by atoms with van der Waals surface area (Å²) in [6, 6.07) is 0. The first-order valence-electron chi connectivity index (χ1n) is 5.13. The molecule has 2 heteroatoms. The average Bonchev–Trinajstić information content (AvgIpc) is 2.39. The molecule has 0 fully saturated rings. The van der Waals surface area contributed by atoms with Crippen LogP contribution in [-0.4, -0.2) is 12.1 Å². The first-order chi connectivity index (χ1) is 6.24. The van der Waals surface area contributed by atoms with Gasteiger partial charge in [-0.25, -0.2) is 4.79 Å². The van der Waals surface area contributed by atoms with E-state index in [2.05, 4.69) is 6.92 Å².